The zero-order valence-corrected chi connectivity index (χ0v) is 16.2. The van der Waals surface area contributed by atoms with E-state index in [1.807, 2.05) is 20.8 Å². The van der Waals surface area contributed by atoms with Gasteiger partial charge in [-0.3, -0.25) is 9.59 Å². The monoisotopic (exact) mass is 344 g/mol. The van der Waals surface area contributed by atoms with Crippen molar-refractivity contribution in [2.45, 2.75) is 71.6 Å². The van der Waals surface area contributed by atoms with E-state index in [2.05, 4.69) is 13.1 Å². The highest BCUT2D eigenvalue weighted by molar-refractivity contribution is 6.63. The Bertz CT molecular complexity index is 466. The quantitative estimate of drug-likeness (QED) is 0.561. The molecule has 0 N–H and O–H groups in total. The van der Waals surface area contributed by atoms with Crippen molar-refractivity contribution in [1.82, 2.24) is 0 Å². The van der Waals surface area contributed by atoms with Gasteiger partial charge in [-0.2, -0.15) is 0 Å². The first-order chi connectivity index (χ1) is 10.5. The second-order valence-electron chi connectivity index (χ2n) is 6.95. The Morgan fingerprint density at radius 3 is 2.17 bits per heavy atom. The Hall–Kier alpha value is -1.34. The third-order valence-corrected chi connectivity index (χ3v) is 4.63. The zero-order chi connectivity index (χ0) is 17.8. The predicted molar refractivity (Wildman–Crippen MR) is 88.6 cm³/mol. The number of carbonyl (C=O) groups excluding carboxylic acids is 2. The van der Waals surface area contributed by atoms with E-state index >= 15 is 0 Å². The molecular weight excluding hydrogens is 316 g/mol. The fourth-order valence-corrected chi connectivity index (χ4v) is 3.19. The highest BCUT2D eigenvalue weighted by Gasteiger charge is 2.40. The van der Waals surface area contributed by atoms with Crippen LogP contribution in [0.3, 0.4) is 0 Å². The van der Waals surface area contributed by atoms with Gasteiger partial charge in [0.25, 0.3) is 0 Å². The molecule has 1 aliphatic rings. The van der Waals surface area contributed by atoms with E-state index in [0.29, 0.717) is 0 Å². The van der Waals surface area contributed by atoms with Crippen LogP contribution in [-0.4, -0.2) is 51.3 Å². The zero-order valence-electron chi connectivity index (χ0n) is 15.0. The van der Waals surface area contributed by atoms with Crippen molar-refractivity contribution in [3.8, 4) is 0 Å². The molecule has 3 atom stereocenters. The minimum absolute atomic E-state index is 0.248. The van der Waals surface area contributed by atoms with E-state index < -0.39 is 39.0 Å². The first-order valence-corrected chi connectivity index (χ1v) is 10.7. The Morgan fingerprint density at radius 2 is 1.74 bits per heavy atom. The maximum atomic E-state index is 11.4. The molecule has 6 nitrogen and oxygen atoms in total. The molecule has 0 saturated heterocycles. The molecule has 0 radical (unpaired) electrons. The standard InChI is InChI=1S/C16H28O6Si/c1-10(17)20-12-8-14(23(6)7)22-13(9-19-16(3,4)5)15(12)21-11(2)18/h8,12-13,15,23H,9H2,1-7H3/t12-,13-,15+/m1/s1. The van der Waals surface area contributed by atoms with Gasteiger partial charge in [-0.15, -0.1) is 0 Å². The predicted octanol–water partition coefficient (Wildman–Crippen LogP) is 1.97. The maximum absolute atomic E-state index is 11.4. The molecule has 0 bridgehead atoms. The maximum Gasteiger partial charge on any atom is 0.303 e. The second kappa shape index (κ2) is 7.96. The van der Waals surface area contributed by atoms with Crippen LogP contribution >= 0.6 is 0 Å². The van der Waals surface area contributed by atoms with Gasteiger partial charge in [-0.05, 0) is 26.8 Å². The minimum atomic E-state index is -1.25. The summed E-state index contributed by atoms with van der Waals surface area (Å²) in [4.78, 5) is 22.8. The molecule has 0 unspecified atom stereocenters. The topological polar surface area (TPSA) is 71.1 Å². The molecule has 0 aliphatic carbocycles. The largest absolute Gasteiger partial charge is 0.494 e. The van der Waals surface area contributed by atoms with Crippen LogP contribution in [0.15, 0.2) is 11.5 Å². The van der Waals surface area contributed by atoms with Crippen LogP contribution in [0.25, 0.3) is 0 Å². The Kier molecular flexibility index (Phi) is 6.82. The van der Waals surface area contributed by atoms with Crippen LogP contribution in [0.1, 0.15) is 34.6 Å². The number of ether oxygens (including phenoxy) is 4. The first kappa shape index (κ1) is 19.7. The van der Waals surface area contributed by atoms with E-state index in [1.165, 1.54) is 13.8 Å². The molecule has 0 amide bonds. The average molecular weight is 344 g/mol. The van der Waals surface area contributed by atoms with Crippen LogP contribution in [0.4, 0.5) is 0 Å². The number of esters is 2. The minimum Gasteiger partial charge on any atom is -0.494 e. The third kappa shape index (κ3) is 6.74. The molecule has 132 valence electrons. The first-order valence-electron chi connectivity index (χ1n) is 7.86. The fourth-order valence-electron chi connectivity index (χ4n) is 2.17. The highest BCUT2D eigenvalue weighted by atomic mass is 28.3. The Morgan fingerprint density at radius 1 is 1.17 bits per heavy atom. The van der Waals surface area contributed by atoms with Gasteiger partial charge in [0.1, 0.15) is 8.80 Å². The lowest BCUT2D eigenvalue weighted by Gasteiger charge is -2.38. The number of hydrogen-bond acceptors (Lipinski definition) is 6. The summed E-state index contributed by atoms with van der Waals surface area (Å²) in [6, 6.07) is 0. The van der Waals surface area contributed by atoms with Crippen LogP contribution < -0.4 is 0 Å². The molecule has 0 aromatic rings. The Balaban J connectivity index is 3.04. The van der Waals surface area contributed by atoms with Crippen LogP contribution in [0.5, 0.6) is 0 Å². The van der Waals surface area contributed by atoms with Crippen molar-refractivity contribution < 1.29 is 28.5 Å². The summed E-state index contributed by atoms with van der Waals surface area (Å²) in [5, 5.41) is 0.835. The molecule has 0 aromatic carbocycles. The van der Waals surface area contributed by atoms with Gasteiger partial charge in [0.2, 0.25) is 0 Å². The lowest BCUT2D eigenvalue weighted by atomic mass is 10.1. The summed E-state index contributed by atoms with van der Waals surface area (Å²) in [5.41, 5.74) is -0.350. The lowest BCUT2D eigenvalue weighted by molar-refractivity contribution is -0.181. The Labute approximate surface area is 139 Å². The van der Waals surface area contributed by atoms with Crippen LogP contribution in [0.2, 0.25) is 13.1 Å². The molecule has 23 heavy (non-hydrogen) atoms. The summed E-state index contributed by atoms with van der Waals surface area (Å²) < 4.78 is 22.5. The SMILES string of the molecule is CC(=O)O[C@H]1[C@H](OC(C)=O)C=C([SiH](C)C)O[C@@H]1COC(C)(C)C. The molecule has 7 heteroatoms. The van der Waals surface area contributed by atoms with E-state index in [1.54, 1.807) is 6.08 Å². The number of rotatable bonds is 5. The van der Waals surface area contributed by atoms with Crippen molar-refractivity contribution in [3.63, 3.8) is 0 Å². The summed E-state index contributed by atoms with van der Waals surface area (Å²) >= 11 is 0. The normalized spacial score (nSPS) is 24.7. The van der Waals surface area contributed by atoms with Gasteiger partial charge in [-0.1, -0.05) is 13.1 Å². The van der Waals surface area contributed by atoms with Gasteiger partial charge in [0, 0.05) is 13.8 Å². The summed E-state index contributed by atoms with van der Waals surface area (Å²) in [5.74, 6) is -0.874. The van der Waals surface area contributed by atoms with Gasteiger partial charge in [0.05, 0.1) is 17.6 Å². The molecule has 0 saturated carbocycles. The van der Waals surface area contributed by atoms with Crippen molar-refractivity contribution in [2.75, 3.05) is 6.61 Å². The van der Waals surface area contributed by atoms with Crippen LogP contribution in [0, 0.1) is 0 Å². The van der Waals surface area contributed by atoms with Gasteiger partial charge in [-0.25, -0.2) is 0 Å². The smallest absolute Gasteiger partial charge is 0.303 e. The van der Waals surface area contributed by atoms with E-state index in [-0.39, 0.29) is 12.2 Å². The molecular formula is C16H28O6Si. The molecule has 0 fully saturated rings. The fraction of sp³-hybridized carbons (Fsp3) is 0.750. The van der Waals surface area contributed by atoms with E-state index in [9.17, 15) is 9.59 Å². The highest BCUT2D eigenvalue weighted by Crippen LogP contribution is 2.26. The summed E-state index contributed by atoms with van der Waals surface area (Å²) in [6.45, 7) is 13.0. The van der Waals surface area contributed by atoms with E-state index in [4.69, 9.17) is 18.9 Å². The average Bonchev–Trinajstić information content (AvgIpc) is 2.36. The van der Waals surface area contributed by atoms with Gasteiger partial charge in [0.15, 0.2) is 18.3 Å². The second-order valence-corrected chi connectivity index (χ2v) is 9.83. The van der Waals surface area contributed by atoms with Crippen LogP contribution in [-0.2, 0) is 28.5 Å². The number of carbonyl (C=O) groups is 2. The number of hydrogen-bond donors (Lipinski definition) is 0. The van der Waals surface area contributed by atoms with Crippen molar-refractivity contribution in [3.05, 3.63) is 11.5 Å². The molecule has 0 spiro atoms. The lowest BCUT2D eigenvalue weighted by Crippen LogP contribution is -2.50. The van der Waals surface area contributed by atoms with E-state index in [0.717, 1.165) is 5.38 Å². The summed E-state index contributed by atoms with van der Waals surface area (Å²) in [6.07, 6.45) is -0.101. The third-order valence-electron chi connectivity index (χ3n) is 3.16. The molecule has 1 aliphatic heterocycles. The summed E-state index contributed by atoms with van der Waals surface area (Å²) in [7, 11) is -1.25. The van der Waals surface area contributed by atoms with Crippen molar-refractivity contribution >= 4 is 20.7 Å². The van der Waals surface area contributed by atoms with Gasteiger partial charge < -0.3 is 18.9 Å². The molecule has 1 rings (SSSR count). The van der Waals surface area contributed by atoms with Gasteiger partial charge >= 0.3 is 11.9 Å². The van der Waals surface area contributed by atoms with Crippen molar-refractivity contribution in [1.29, 1.82) is 0 Å². The van der Waals surface area contributed by atoms with Crippen molar-refractivity contribution in [2.24, 2.45) is 0 Å². The molecule has 0 aromatic heterocycles. The molecule has 1 heterocycles.